The van der Waals surface area contributed by atoms with Crippen LogP contribution in [-0.4, -0.2) is 6.92 Å². The molecule has 0 fully saturated rings. The normalized spacial score (nSPS) is 15.1. The summed E-state index contributed by atoms with van der Waals surface area (Å²) in [6.07, 6.45) is 0. The zero-order chi connectivity index (χ0) is 35.8. The molecule has 3 nitrogen and oxygen atoms in total. The molecule has 4 heteroatoms. The highest BCUT2D eigenvalue weighted by Crippen LogP contribution is 2.52. The fourth-order valence-corrected chi connectivity index (χ4v) is 8.59. The predicted molar refractivity (Wildman–Crippen MR) is 212 cm³/mol. The van der Waals surface area contributed by atoms with E-state index in [1.165, 1.54) is 55.6 Å². The van der Waals surface area contributed by atoms with Gasteiger partial charge in [0.2, 0.25) is 0 Å². The molecule has 0 atom stereocenters. The number of ether oxygens (including phenoxy) is 2. The van der Waals surface area contributed by atoms with E-state index >= 15 is 0 Å². The van der Waals surface area contributed by atoms with Crippen LogP contribution in [0.1, 0.15) is 66.6 Å². The van der Waals surface area contributed by atoms with E-state index in [1.807, 2.05) is 12.1 Å². The van der Waals surface area contributed by atoms with Gasteiger partial charge in [-0.05, 0) is 105 Å². The second-order valence-corrected chi connectivity index (χ2v) is 15.4. The minimum Gasteiger partial charge on any atom is -0.555 e. The van der Waals surface area contributed by atoms with Crippen molar-refractivity contribution in [3.05, 3.63) is 148 Å². The third-order valence-electron chi connectivity index (χ3n) is 11.3. The SMILES string of the molecule is CB1Oc2ccccc2C(C)(C)Oc2c1cccc2-c1c(C)ccc(-c2ccc(C)c(-c3cccc4c3Oc3ccccc3C4(C)C)c2C)c1C. The summed E-state index contributed by atoms with van der Waals surface area (Å²) >= 11 is 0. The molecule has 6 aromatic rings. The summed E-state index contributed by atoms with van der Waals surface area (Å²) in [7, 11) is 0. The average Bonchev–Trinajstić information content (AvgIpc) is 3.09. The Kier molecular flexibility index (Phi) is 7.72. The molecule has 0 aliphatic carbocycles. The zero-order valence-electron chi connectivity index (χ0n) is 31.2. The van der Waals surface area contributed by atoms with Crippen LogP contribution in [-0.2, 0) is 11.0 Å². The summed E-state index contributed by atoms with van der Waals surface area (Å²) in [6, 6.07) is 38.9. The summed E-state index contributed by atoms with van der Waals surface area (Å²) < 4.78 is 20.5. The summed E-state index contributed by atoms with van der Waals surface area (Å²) in [6.45, 7) is 19.7. The lowest BCUT2D eigenvalue weighted by Crippen LogP contribution is -2.40. The topological polar surface area (TPSA) is 27.7 Å². The number of aryl methyl sites for hydroxylation is 2. The van der Waals surface area contributed by atoms with Gasteiger partial charge in [0.25, 0.3) is 0 Å². The lowest BCUT2D eigenvalue weighted by atomic mass is 9.62. The van der Waals surface area contributed by atoms with Crippen molar-refractivity contribution in [1.29, 1.82) is 0 Å². The average molecular weight is 669 g/mol. The molecule has 0 spiro atoms. The fraction of sp³-hybridized carbons (Fsp3) is 0.234. The standard InChI is InChI=1S/C47H45BO3/c1-28-24-26-32(30(3)42(28)34-16-14-20-38-44(34)49-40-22-12-10-18-36(40)46(38,5)6)33-27-25-29(2)43(31(33)4)35-17-15-21-39-45(35)50-47(7,8)37-19-11-13-23-41(37)51-48(39)9/h10-27H,1-9H3. The van der Waals surface area contributed by atoms with Crippen LogP contribution < -0.4 is 19.6 Å². The van der Waals surface area contributed by atoms with Gasteiger partial charge in [0.1, 0.15) is 28.6 Å². The Morgan fingerprint density at radius 1 is 0.490 bits per heavy atom. The highest BCUT2D eigenvalue weighted by atomic mass is 16.5. The van der Waals surface area contributed by atoms with E-state index in [4.69, 9.17) is 14.1 Å². The molecule has 0 unspecified atom stereocenters. The minimum absolute atomic E-state index is 0.182. The van der Waals surface area contributed by atoms with E-state index in [2.05, 4.69) is 159 Å². The maximum Gasteiger partial charge on any atom is 0.392 e. The monoisotopic (exact) mass is 668 g/mol. The van der Waals surface area contributed by atoms with E-state index < -0.39 is 5.60 Å². The van der Waals surface area contributed by atoms with Crippen molar-refractivity contribution in [3.63, 3.8) is 0 Å². The molecule has 254 valence electrons. The van der Waals surface area contributed by atoms with E-state index in [0.717, 1.165) is 45.2 Å². The lowest BCUT2D eigenvalue weighted by Gasteiger charge is -2.36. The largest absolute Gasteiger partial charge is 0.555 e. The van der Waals surface area contributed by atoms with Crippen molar-refractivity contribution >= 4 is 12.4 Å². The first-order valence-electron chi connectivity index (χ1n) is 18.1. The van der Waals surface area contributed by atoms with Crippen LogP contribution in [0.15, 0.2) is 109 Å². The number of rotatable bonds is 3. The number of para-hydroxylation sites is 4. The number of benzene rings is 6. The van der Waals surface area contributed by atoms with E-state index in [-0.39, 0.29) is 12.3 Å². The van der Waals surface area contributed by atoms with Gasteiger partial charge in [-0.2, -0.15) is 0 Å². The van der Waals surface area contributed by atoms with Crippen molar-refractivity contribution in [1.82, 2.24) is 0 Å². The molecule has 2 aliphatic heterocycles. The quantitative estimate of drug-likeness (QED) is 0.176. The number of hydrogen-bond donors (Lipinski definition) is 0. The van der Waals surface area contributed by atoms with Gasteiger partial charge in [-0.1, -0.05) is 111 Å². The van der Waals surface area contributed by atoms with Crippen LogP contribution in [0.3, 0.4) is 0 Å². The van der Waals surface area contributed by atoms with Gasteiger partial charge in [0.15, 0.2) is 0 Å². The van der Waals surface area contributed by atoms with Crippen LogP contribution >= 0.6 is 0 Å². The van der Waals surface area contributed by atoms with Crippen LogP contribution in [0, 0.1) is 27.7 Å². The van der Waals surface area contributed by atoms with Crippen LogP contribution in [0.5, 0.6) is 23.0 Å². The Labute approximate surface area is 303 Å². The van der Waals surface area contributed by atoms with Crippen molar-refractivity contribution in [2.45, 2.75) is 73.2 Å². The third-order valence-corrected chi connectivity index (χ3v) is 11.3. The second kappa shape index (κ2) is 11.9. The van der Waals surface area contributed by atoms with Crippen molar-refractivity contribution < 1.29 is 14.1 Å². The Hall–Kier alpha value is -5.22. The molecular weight excluding hydrogens is 623 g/mol. The number of hydrogen-bond acceptors (Lipinski definition) is 3. The summed E-state index contributed by atoms with van der Waals surface area (Å²) in [5.41, 5.74) is 15.7. The molecule has 0 saturated heterocycles. The van der Waals surface area contributed by atoms with Gasteiger partial charge in [0, 0.05) is 38.7 Å². The van der Waals surface area contributed by atoms with Gasteiger partial charge in [0.05, 0.1) is 0 Å². The van der Waals surface area contributed by atoms with Crippen molar-refractivity contribution in [2.24, 2.45) is 0 Å². The van der Waals surface area contributed by atoms with Crippen LogP contribution in [0.4, 0.5) is 0 Å². The molecule has 2 heterocycles. The first-order chi connectivity index (χ1) is 24.4. The second-order valence-electron chi connectivity index (χ2n) is 15.4. The third kappa shape index (κ3) is 5.18. The number of fused-ring (bicyclic) bond motifs is 4. The van der Waals surface area contributed by atoms with Crippen molar-refractivity contribution in [3.8, 4) is 56.4 Å². The van der Waals surface area contributed by atoms with Crippen LogP contribution in [0.25, 0.3) is 33.4 Å². The van der Waals surface area contributed by atoms with Gasteiger partial charge in [-0.25, -0.2) is 0 Å². The minimum atomic E-state index is -0.602. The molecule has 8 rings (SSSR count). The smallest absolute Gasteiger partial charge is 0.392 e. The van der Waals surface area contributed by atoms with Gasteiger partial charge < -0.3 is 14.1 Å². The Morgan fingerprint density at radius 3 is 1.67 bits per heavy atom. The van der Waals surface area contributed by atoms with Gasteiger partial charge in [-0.15, -0.1) is 0 Å². The maximum absolute atomic E-state index is 7.08. The highest BCUT2D eigenvalue weighted by molar-refractivity contribution is 6.68. The first kappa shape index (κ1) is 33.0. The van der Waals surface area contributed by atoms with Gasteiger partial charge >= 0.3 is 6.92 Å². The first-order valence-corrected chi connectivity index (χ1v) is 18.1. The van der Waals surface area contributed by atoms with E-state index in [9.17, 15) is 0 Å². The van der Waals surface area contributed by atoms with E-state index in [0.29, 0.717) is 0 Å². The van der Waals surface area contributed by atoms with Crippen molar-refractivity contribution in [2.75, 3.05) is 0 Å². The predicted octanol–water partition coefficient (Wildman–Crippen LogP) is 11.9. The molecule has 6 aromatic carbocycles. The summed E-state index contributed by atoms with van der Waals surface area (Å²) in [4.78, 5) is 0. The Morgan fingerprint density at radius 2 is 1.02 bits per heavy atom. The molecule has 2 aliphatic rings. The van der Waals surface area contributed by atoms with Crippen LogP contribution in [0.2, 0.25) is 6.82 Å². The fourth-order valence-electron chi connectivity index (χ4n) is 8.59. The lowest BCUT2D eigenvalue weighted by molar-refractivity contribution is 0.107. The highest BCUT2D eigenvalue weighted by Gasteiger charge is 2.37. The molecule has 0 saturated carbocycles. The van der Waals surface area contributed by atoms with Gasteiger partial charge in [-0.3, -0.25) is 0 Å². The molecule has 0 bridgehead atoms. The zero-order valence-corrected chi connectivity index (χ0v) is 31.2. The molecule has 0 amide bonds. The Bertz CT molecular complexity index is 2370. The Balaban J connectivity index is 1.28. The summed E-state index contributed by atoms with van der Waals surface area (Å²) in [5.74, 6) is 3.62. The molecule has 51 heavy (non-hydrogen) atoms. The molecule has 0 radical (unpaired) electrons. The molecule has 0 N–H and O–H groups in total. The maximum atomic E-state index is 7.08. The summed E-state index contributed by atoms with van der Waals surface area (Å²) in [5, 5.41) is 0. The van der Waals surface area contributed by atoms with E-state index in [1.54, 1.807) is 0 Å². The molecule has 0 aromatic heterocycles. The molecular formula is C47H45BO3.